The number of halogens is 1. The summed E-state index contributed by atoms with van der Waals surface area (Å²) in [6.07, 6.45) is 0. The second kappa shape index (κ2) is 9.80. The van der Waals surface area contributed by atoms with Crippen LogP contribution in [-0.4, -0.2) is 17.5 Å². The molecule has 8 heavy (non-hydrogen) atoms. The first-order chi connectivity index (χ1) is 2.00. The molecule has 0 aromatic heterocycles. The normalized spacial score (nSPS) is 7.25. The molecule has 8 heteroatoms. The second-order valence-corrected chi connectivity index (χ2v) is 1.28. The molecule has 0 saturated carbocycles. The van der Waals surface area contributed by atoms with E-state index in [4.69, 9.17) is 17.5 Å². The molecular weight excluding hydrogens is 194 g/mol. The summed E-state index contributed by atoms with van der Waals surface area (Å²) in [6, 6.07) is 0. The summed E-state index contributed by atoms with van der Waals surface area (Å²) in [4.78, 5) is 0. The Morgan fingerprint density at radius 1 is 1.38 bits per heavy atom. The zero-order valence-electron chi connectivity index (χ0n) is 4.46. The van der Waals surface area contributed by atoms with E-state index in [1.807, 2.05) is 0 Å². The average molecular weight is 195 g/mol. The molecule has 0 fully saturated rings. The predicted molar refractivity (Wildman–Crippen MR) is 12.3 cm³/mol. The molecule has 0 spiro atoms. The van der Waals surface area contributed by atoms with Crippen LogP contribution in [0.3, 0.4) is 0 Å². The van der Waals surface area contributed by atoms with E-state index < -0.39 is 10.4 Å². The first-order valence-electron chi connectivity index (χ1n) is 0.683. The van der Waals surface area contributed by atoms with Crippen molar-refractivity contribution in [1.82, 2.24) is 0 Å². The summed E-state index contributed by atoms with van der Waals surface area (Å²) < 4.78 is 32.8. The molecule has 0 aromatic carbocycles. The molecule has 0 atom stereocenters. The van der Waals surface area contributed by atoms with Crippen molar-refractivity contribution in [1.29, 1.82) is 0 Å². The van der Waals surface area contributed by atoms with Crippen LogP contribution in [-0.2, 0) is 10.4 Å². The van der Waals surface area contributed by atoms with Crippen molar-refractivity contribution in [2.75, 3.05) is 0 Å². The Bertz CT molecular complexity index is 99.2. The smallest absolute Gasteiger partial charge is 1.00 e. The summed E-state index contributed by atoms with van der Waals surface area (Å²) >= 11 is 0. The van der Waals surface area contributed by atoms with Crippen LogP contribution in [0.2, 0.25) is 0 Å². The van der Waals surface area contributed by atoms with Crippen LogP contribution < -0.4 is 93.3 Å². The van der Waals surface area contributed by atoms with Crippen LogP contribution in [0.1, 0.15) is 0 Å². The van der Waals surface area contributed by atoms with Crippen LogP contribution in [0.25, 0.3) is 0 Å². The maximum absolute atomic E-state index is 8.63. The molecule has 0 heterocycles. The van der Waals surface area contributed by atoms with Gasteiger partial charge in [0.25, 0.3) is 0 Å². The minimum Gasteiger partial charge on any atom is -1.00 e. The zero-order valence-corrected chi connectivity index (χ0v) is 11.2. The van der Waals surface area contributed by atoms with Gasteiger partial charge in [-0.25, -0.2) is 8.42 Å². The molecule has 0 rings (SSSR count). The van der Waals surface area contributed by atoms with Gasteiger partial charge in [0.1, 0.15) is 0 Å². The van der Waals surface area contributed by atoms with Crippen LogP contribution >= 0.6 is 0 Å². The third-order valence-corrected chi connectivity index (χ3v) is 0. The first kappa shape index (κ1) is 22.4. The van der Waals surface area contributed by atoms with Gasteiger partial charge in [0, 0.05) is 0 Å². The van der Waals surface area contributed by atoms with Gasteiger partial charge < -0.3 is 17.0 Å². The van der Waals surface area contributed by atoms with Crippen LogP contribution in [0, 0.1) is 0 Å². The van der Waals surface area contributed by atoms with E-state index in [-0.39, 0.29) is 93.3 Å². The average Bonchev–Trinajstić information content (AvgIpc) is 0.722. The molecule has 1 N–H and O–H groups in total. The minimum atomic E-state index is -4.92. The summed E-state index contributed by atoms with van der Waals surface area (Å²) in [5, 5.41) is 0. The monoisotopic (exact) mass is 194 g/mol. The molecule has 0 aliphatic heterocycles. The van der Waals surface area contributed by atoms with Gasteiger partial charge >= 0.3 is 80.9 Å². The van der Waals surface area contributed by atoms with E-state index in [2.05, 4.69) is 0 Å². The van der Waals surface area contributed by atoms with E-state index in [0.717, 1.165) is 0 Å². The molecule has 0 unspecified atom stereocenters. The van der Waals surface area contributed by atoms with Crippen LogP contribution in [0.15, 0.2) is 0 Å². The molecule has 0 aliphatic carbocycles. The fourth-order valence-electron chi connectivity index (χ4n) is 0. The quantitative estimate of drug-likeness (QED) is 0.236. The predicted octanol–water partition coefficient (Wildman–Crippen LogP) is -9.98. The van der Waals surface area contributed by atoms with Crippen molar-refractivity contribution in [3.8, 4) is 0 Å². The standard InChI is InChI=1S/ClH.K.Na.H2O4S/c;;;1-5(2,3)4/h1H;;;(H2,1,2,3,4)/q;2*+1;/p-2. The maximum atomic E-state index is 8.63. The van der Waals surface area contributed by atoms with Crippen molar-refractivity contribution < 1.29 is 111 Å². The van der Waals surface area contributed by atoms with Gasteiger partial charge in [-0.2, -0.15) is 0 Å². The molecule has 4 nitrogen and oxygen atoms in total. The van der Waals surface area contributed by atoms with Gasteiger partial charge in [-0.3, -0.25) is 4.55 Å². The van der Waals surface area contributed by atoms with Crippen LogP contribution in [0.5, 0.6) is 0 Å². The van der Waals surface area contributed by atoms with E-state index in [9.17, 15) is 0 Å². The number of hydrogen-bond donors (Lipinski definition) is 1. The SMILES string of the molecule is O=S(=O)([O-])O.[Cl-].[K+].[Na+]. The minimum absolute atomic E-state index is 0. The molecule has 0 saturated heterocycles. The van der Waals surface area contributed by atoms with Crippen molar-refractivity contribution in [3.05, 3.63) is 0 Å². The van der Waals surface area contributed by atoms with Gasteiger partial charge in [0.05, 0.1) is 0 Å². The molecule has 0 aromatic rings. The van der Waals surface area contributed by atoms with Gasteiger partial charge in [0.15, 0.2) is 0 Å². The largest absolute Gasteiger partial charge is 1.00 e. The topological polar surface area (TPSA) is 77.4 Å². The molecule has 0 aliphatic rings. The summed E-state index contributed by atoms with van der Waals surface area (Å²) in [7, 11) is -4.92. The molecule has 0 bridgehead atoms. The van der Waals surface area contributed by atoms with Crippen molar-refractivity contribution in [3.63, 3.8) is 0 Å². The van der Waals surface area contributed by atoms with Gasteiger partial charge in [-0.1, -0.05) is 0 Å². The Morgan fingerprint density at radius 3 is 1.38 bits per heavy atom. The van der Waals surface area contributed by atoms with Crippen LogP contribution in [0.4, 0.5) is 0 Å². The third kappa shape index (κ3) is 68.4. The molecule has 40 valence electrons. The summed E-state index contributed by atoms with van der Waals surface area (Å²) in [6.45, 7) is 0. The molecule has 0 radical (unpaired) electrons. The van der Waals surface area contributed by atoms with E-state index in [1.54, 1.807) is 0 Å². The Morgan fingerprint density at radius 2 is 1.38 bits per heavy atom. The number of rotatable bonds is 0. The van der Waals surface area contributed by atoms with Crippen molar-refractivity contribution >= 4 is 10.4 Å². The zero-order chi connectivity index (χ0) is 4.50. The number of hydrogen-bond acceptors (Lipinski definition) is 3. The summed E-state index contributed by atoms with van der Waals surface area (Å²) in [5.41, 5.74) is 0. The van der Waals surface area contributed by atoms with Crippen molar-refractivity contribution in [2.24, 2.45) is 0 Å². The van der Waals surface area contributed by atoms with E-state index in [0.29, 0.717) is 0 Å². The Balaban J connectivity index is -0.0000000267. The van der Waals surface area contributed by atoms with Gasteiger partial charge in [0.2, 0.25) is 10.4 Å². The van der Waals surface area contributed by atoms with E-state index in [1.165, 1.54) is 0 Å². The summed E-state index contributed by atoms with van der Waals surface area (Å²) in [5.74, 6) is 0. The molecular formula is HClKNaO4S. The molecule has 0 amide bonds. The maximum Gasteiger partial charge on any atom is 1.00 e. The van der Waals surface area contributed by atoms with Crippen molar-refractivity contribution in [2.45, 2.75) is 0 Å². The van der Waals surface area contributed by atoms with Gasteiger partial charge in [-0.15, -0.1) is 0 Å². The Labute approximate surface area is 118 Å². The van der Waals surface area contributed by atoms with Gasteiger partial charge in [-0.05, 0) is 0 Å². The third-order valence-electron chi connectivity index (χ3n) is 0. The fourth-order valence-corrected chi connectivity index (χ4v) is 0. The first-order valence-corrected chi connectivity index (χ1v) is 2.05. The fraction of sp³-hybridized carbons (Fsp3) is 0. The Kier molecular flexibility index (Phi) is 27.5. The second-order valence-electron chi connectivity index (χ2n) is 0.428. The Hall–Kier alpha value is 2.80. The van der Waals surface area contributed by atoms with E-state index >= 15 is 0 Å².